The molecule has 5 heteroatoms. The normalized spacial score (nSPS) is 11.5. The number of carbonyl (C=O) groups excluding carboxylic acids is 2. The van der Waals surface area contributed by atoms with E-state index in [9.17, 15) is 9.59 Å². The fourth-order valence-electron chi connectivity index (χ4n) is 2.19. The van der Waals surface area contributed by atoms with Gasteiger partial charge in [-0.15, -0.1) is 0 Å². The first kappa shape index (κ1) is 17.5. The molecule has 0 saturated heterocycles. The summed E-state index contributed by atoms with van der Waals surface area (Å²) in [5.41, 5.74) is 2.00. The Morgan fingerprint density at radius 1 is 1.08 bits per heavy atom. The number of methoxy groups -OCH3 is 1. The summed E-state index contributed by atoms with van der Waals surface area (Å²) in [5.74, 6) is 0.0503. The van der Waals surface area contributed by atoms with E-state index in [0.29, 0.717) is 23.4 Å². The average molecular weight is 327 g/mol. The van der Waals surface area contributed by atoms with Crippen molar-refractivity contribution in [1.29, 1.82) is 0 Å². The zero-order valence-electron chi connectivity index (χ0n) is 14.0. The van der Waals surface area contributed by atoms with Crippen molar-refractivity contribution in [2.75, 3.05) is 12.4 Å². The molecule has 0 unspecified atom stereocenters. The van der Waals surface area contributed by atoms with Crippen molar-refractivity contribution in [3.63, 3.8) is 0 Å². The maximum atomic E-state index is 12.4. The van der Waals surface area contributed by atoms with Crippen LogP contribution in [0.4, 0.5) is 5.69 Å². The molecular weight excluding hydrogens is 306 g/mol. The molecule has 0 aliphatic heterocycles. The van der Waals surface area contributed by atoms with Gasteiger partial charge in [0, 0.05) is 5.69 Å². The summed E-state index contributed by atoms with van der Waals surface area (Å²) >= 11 is 0. The lowest BCUT2D eigenvalue weighted by atomic mass is 10.2. The number of esters is 1. The van der Waals surface area contributed by atoms with Gasteiger partial charge in [-0.1, -0.05) is 25.1 Å². The van der Waals surface area contributed by atoms with Crippen LogP contribution in [0.2, 0.25) is 0 Å². The Hall–Kier alpha value is -2.82. The molecule has 0 saturated carbocycles. The molecule has 0 aromatic heterocycles. The van der Waals surface area contributed by atoms with Gasteiger partial charge < -0.3 is 14.8 Å². The zero-order chi connectivity index (χ0) is 17.5. The third-order valence-electron chi connectivity index (χ3n) is 3.60. The van der Waals surface area contributed by atoms with Crippen molar-refractivity contribution in [1.82, 2.24) is 0 Å². The van der Waals surface area contributed by atoms with Crippen molar-refractivity contribution in [3.05, 3.63) is 59.7 Å². The highest BCUT2D eigenvalue weighted by Gasteiger charge is 2.19. The van der Waals surface area contributed by atoms with Gasteiger partial charge in [-0.05, 0) is 49.2 Å². The highest BCUT2D eigenvalue weighted by molar-refractivity contribution is 5.95. The molecule has 126 valence electrons. The van der Waals surface area contributed by atoms with Gasteiger partial charge in [0.05, 0.1) is 12.7 Å². The number of rotatable bonds is 6. The van der Waals surface area contributed by atoms with Crippen molar-refractivity contribution in [2.24, 2.45) is 0 Å². The van der Waals surface area contributed by atoms with Crippen molar-refractivity contribution in [3.8, 4) is 5.75 Å². The summed E-state index contributed by atoms with van der Waals surface area (Å²) in [6, 6.07) is 14.1. The Morgan fingerprint density at radius 3 is 2.33 bits per heavy atom. The van der Waals surface area contributed by atoms with Crippen LogP contribution in [0.5, 0.6) is 5.75 Å². The number of amides is 1. The van der Waals surface area contributed by atoms with Crippen LogP contribution in [0.15, 0.2) is 48.5 Å². The van der Waals surface area contributed by atoms with Crippen LogP contribution in [0.25, 0.3) is 0 Å². The number of ether oxygens (including phenoxy) is 2. The smallest absolute Gasteiger partial charge is 0.337 e. The number of carbonyl (C=O) groups is 2. The van der Waals surface area contributed by atoms with Gasteiger partial charge in [-0.2, -0.15) is 0 Å². The topological polar surface area (TPSA) is 64.6 Å². The molecular formula is C19H21NO4. The first-order valence-corrected chi connectivity index (χ1v) is 7.76. The summed E-state index contributed by atoms with van der Waals surface area (Å²) in [6.07, 6.45) is -0.0492. The van der Waals surface area contributed by atoms with E-state index in [2.05, 4.69) is 10.1 Å². The van der Waals surface area contributed by atoms with Crippen LogP contribution >= 0.6 is 0 Å². The van der Waals surface area contributed by atoms with Crippen LogP contribution in [0.1, 0.15) is 29.3 Å². The van der Waals surface area contributed by atoms with E-state index in [4.69, 9.17) is 4.74 Å². The van der Waals surface area contributed by atoms with Crippen LogP contribution in [-0.4, -0.2) is 25.1 Å². The molecule has 2 aromatic carbocycles. The molecule has 0 spiro atoms. The molecule has 2 rings (SSSR count). The predicted molar refractivity (Wildman–Crippen MR) is 92.3 cm³/mol. The number of hydrogen-bond donors (Lipinski definition) is 1. The molecule has 2 aromatic rings. The molecule has 0 radical (unpaired) electrons. The van der Waals surface area contributed by atoms with E-state index in [1.165, 1.54) is 7.11 Å². The molecule has 1 N–H and O–H groups in total. The summed E-state index contributed by atoms with van der Waals surface area (Å²) < 4.78 is 10.5. The lowest BCUT2D eigenvalue weighted by Gasteiger charge is -2.18. The van der Waals surface area contributed by atoms with E-state index in [1.54, 1.807) is 24.3 Å². The SMILES string of the molecule is CC[C@@H](Oc1ccccc1C)C(=O)Nc1ccc(C(=O)OC)cc1. The molecule has 0 aliphatic carbocycles. The van der Waals surface area contributed by atoms with Crippen LogP contribution < -0.4 is 10.1 Å². The second-order valence-corrected chi connectivity index (χ2v) is 5.34. The Labute approximate surface area is 141 Å². The summed E-state index contributed by atoms with van der Waals surface area (Å²) in [6.45, 7) is 3.83. The summed E-state index contributed by atoms with van der Waals surface area (Å²) in [4.78, 5) is 23.8. The van der Waals surface area contributed by atoms with E-state index < -0.39 is 12.1 Å². The van der Waals surface area contributed by atoms with Crippen molar-refractivity contribution in [2.45, 2.75) is 26.4 Å². The highest BCUT2D eigenvalue weighted by Crippen LogP contribution is 2.20. The Morgan fingerprint density at radius 2 is 1.75 bits per heavy atom. The standard InChI is InChI=1S/C19H21NO4/c1-4-16(24-17-8-6-5-7-13(17)2)18(21)20-15-11-9-14(10-12-15)19(22)23-3/h5-12,16H,4H2,1-3H3,(H,20,21)/t16-/m1/s1. The second-order valence-electron chi connectivity index (χ2n) is 5.34. The Bertz CT molecular complexity index is 710. The van der Waals surface area contributed by atoms with Gasteiger partial charge >= 0.3 is 5.97 Å². The van der Waals surface area contributed by atoms with Gasteiger partial charge in [0.25, 0.3) is 5.91 Å². The molecule has 0 heterocycles. The number of aryl methyl sites for hydroxylation is 1. The lowest BCUT2D eigenvalue weighted by molar-refractivity contribution is -0.122. The van der Waals surface area contributed by atoms with Gasteiger partial charge in [0.1, 0.15) is 5.75 Å². The minimum Gasteiger partial charge on any atom is -0.480 e. The van der Waals surface area contributed by atoms with Crippen LogP contribution in [0, 0.1) is 6.92 Å². The van der Waals surface area contributed by atoms with Crippen molar-refractivity contribution < 1.29 is 19.1 Å². The molecule has 5 nitrogen and oxygen atoms in total. The van der Waals surface area contributed by atoms with E-state index in [0.717, 1.165) is 5.56 Å². The quantitative estimate of drug-likeness (QED) is 0.824. The highest BCUT2D eigenvalue weighted by atomic mass is 16.5. The first-order chi connectivity index (χ1) is 11.5. The fraction of sp³-hybridized carbons (Fsp3) is 0.263. The monoisotopic (exact) mass is 327 g/mol. The lowest BCUT2D eigenvalue weighted by Crippen LogP contribution is -2.32. The zero-order valence-corrected chi connectivity index (χ0v) is 14.0. The third-order valence-corrected chi connectivity index (χ3v) is 3.60. The average Bonchev–Trinajstić information content (AvgIpc) is 2.61. The number of para-hydroxylation sites is 1. The van der Waals surface area contributed by atoms with E-state index >= 15 is 0 Å². The molecule has 1 amide bonds. The van der Waals surface area contributed by atoms with Crippen LogP contribution in [0.3, 0.4) is 0 Å². The number of nitrogens with one attached hydrogen (secondary N) is 1. The van der Waals surface area contributed by atoms with Crippen LogP contribution in [-0.2, 0) is 9.53 Å². The largest absolute Gasteiger partial charge is 0.480 e. The molecule has 1 atom stereocenters. The minimum atomic E-state index is -0.591. The summed E-state index contributed by atoms with van der Waals surface area (Å²) in [5, 5.41) is 2.80. The van der Waals surface area contributed by atoms with Gasteiger partial charge in [-0.3, -0.25) is 4.79 Å². The first-order valence-electron chi connectivity index (χ1n) is 7.76. The summed E-state index contributed by atoms with van der Waals surface area (Å²) in [7, 11) is 1.33. The predicted octanol–water partition coefficient (Wildman–Crippen LogP) is 3.58. The van der Waals surface area contributed by atoms with E-state index in [1.807, 2.05) is 38.1 Å². The Kier molecular flexibility index (Phi) is 5.95. The van der Waals surface area contributed by atoms with Gasteiger partial charge in [0.15, 0.2) is 6.10 Å². The number of anilines is 1. The number of hydrogen-bond acceptors (Lipinski definition) is 4. The molecule has 24 heavy (non-hydrogen) atoms. The maximum Gasteiger partial charge on any atom is 0.337 e. The molecule has 0 bridgehead atoms. The molecule has 0 fully saturated rings. The maximum absolute atomic E-state index is 12.4. The molecule has 0 aliphatic rings. The Balaban J connectivity index is 2.04. The minimum absolute atomic E-state index is 0.230. The van der Waals surface area contributed by atoms with Gasteiger partial charge in [-0.25, -0.2) is 4.79 Å². The third kappa shape index (κ3) is 4.35. The number of benzene rings is 2. The second kappa shape index (κ2) is 8.15. The van der Waals surface area contributed by atoms with E-state index in [-0.39, 0.29) is 5.91 Å². The van der Waals surface area contributed by atoms with Crippen molar-refractivity contribution >= 4 is 17.6 Å². The fourth-order valence-corrected chi connectivity index (χ4v) is 2.19. The van der Waals surface area contributed by atoms with Gasteiger partial charge in [0.2, 0.25) is 0 Å².